The van der Waals surface area contributed by atoms with Gasteiger partial charge in [0, 0.05) is 0 Å². The predicted molar refractivity (Wildman–Crippen MR) is 99.1 cm³/mol. The Balaban J connectivity index is 1.56. The number of imide groups is 1. The Bertz CT molecular complexity index is 1060. The van der Waals surface area contributed by atoms with E-state index >= 15 is 0 Å². The Hall–Kier alpha value is -3.74. The van der Waals surface area contributed by atoms with Crippen LogP contribution in [0.2, 0.25) is 0 Å². The zero-order valence-electron chi connectivity index (χ0n) is 15.3. The lowest BCUT2D eigenvalue weighted by molar-refractivity contribution is 0.0470. The number of nitrogens with zero attached hydrogens (tertiary/aromatic N) is 2. The molecule has 0 spiro atoms. The summed E-state index contributed by atoms with van der Waals surface area (Å²) in [6.45, 7) is 3.53. The van der Waals surface area contributed by atoms with Gasteiger partial charge in [-0.1, -0.05) is 23.4 Å². The number of anilines is 1. The highest BCUT2D eigenvalue weighted by molar-refractivity contribution is 6.34. The topological polar surface area (TPSA) is 89.7 Å². The van der Waals surface area contributed by atoms with Gasteiger partial charge in [-0.3, -0.25) is 9.59 Å². The Morgan fingerprint density at radius 3 is 2.32 bits per heavy atom. The van der Waals surface area contributed by atoms with Crippen molar-refractivity contribution in [2.45, 2.75) is 20.5 Å². The minimum Gasteiger partial charge on any atom is -0.457 e. The van der Waals surface area contributed by atoms with Crippen molar-refractivity contribution in [3.8, 4) is 0 Å². The van der Waals surface area contributed by atoms with Gasteiger partial charge in [-0.25, -0.2) is 9.69 Å². The zero-order valence-corrected chi connectivity index (χ0v) is 15.3. The predicted octanol–water partition coefficient (Wildman–Crippen LogP) is 3.45. The fraction of sp³-hybridized carbons (Fsp3) is 0.143. The molecule has 0 saturated heterocycles. The van der Waals surface area contributed by atoms with Crippen LogP contribution in [0.5, 0.6) is 0 Å². The van der Waals surface area contributed by atoms with Crippen LogP contribution in [0.1, 0.15) is 48.1 Å². The minimum atomic E-state index is -0.571. The first kappa shape index (κ1) is 17.7. The van der Waals surface area contributed by atoms with E-state index in [1.54, 1.807) is 56.3 Å². The first-order valence-corrected chi connectivity index (χ1v) is 8.64. The molecular formula is C21H16N2O5. The molecule has 2 heterocycles. The summed E-state index contributed by atoms with van der Waals surface area (Å²) < 4.78 is 10.4. The summed E-state index contributed by atoms with van der Waals surface area (Å²) in [5.41, 5.74) is 2.62. The molecule has 2 aromatic carbocycles. The van der Waals surface area contributed by atoms with Crippen LogP contribution in [0.3, 0.4) is 0 Å². The molecule has 7 nitrogen and oxygen atoms in total. The van der Waals surface area contributed by atoms with Crippen LogP contribution in [0.25, 0.3) is 0 Å². The highest BCUT2D eigenvalue weighted by Crippen LogP contribution is 2.29. The quantitative estimate of drug-likeness (QED) is 0.512. The van der Waals surface area contributed by atoms with Crippen LogP contribution in [0, 0.1) is 13.8 Å². The molecule has 0 aliphatic carbocycles. The molecule has 0 unspecified atom stereocenters. The van der Waals surface area contributed by atoms with Gasteiger partial charge in [-0.05, 0) is 44.2 Å². The van der Waals surface area contributed by atoms with Crippen molar-refractivity contribution in [1.29, 1.82) is 0 Å². The molecule has 1 aliphatic heterocycles. The van der Waals surface area contributed by atoms with E-state index < -0.39 is 17.8 Å². The van der Waals surface area contributed by atoms with Crippen LogP contribution in [0.15, 0.2) is 53.1 Å². The Morgan fingerprint density at radius 1 is 1.04 bits per heavy atom. The van der Waals surface area contributed by atoms with E-state index in [0.717, 1.165) is 4.90 Å². The maximum atomic E-state index is 12.6. The van der Waals surface area contributed by atoms with Gasteiger partial charge in [0.2, 0.25) is 0 Å². The van der Waals surface area contributed by atoms with E-state index in [0.29, 0.717) is 33.8 Å². The average molecular weight is 376 g/mol. The number of carbonyl (C=O) groups excluding carboxylic acids is 3. The second-order valence-corrected chi connectivity index (χ2v) is 6.42. The van der Waals surface area contributed by atoms with Gasteiger partial charge < -0.3 is 9.26 Å². The Morgan fingerprint density at radius 2 is 1.71 bits per heavy atom. The molecule has 3 aromatic rings. The molecule has 1 aliphatic rings. The summed E-state index contributed by atoms with van der Waals surface area (Å²) in [5, 5.41) is 3.82. The minimum absolute atomic E-state index is 0.0250. The van der Waals surface area contributed by atoms with Gasteiger partial charge in [-0.15, -0.1) is 0 Å². The van der Waals surface area contributed by atoms with Crippen LogP contribution in [-0.4, -0.2) is 22.9 Å². The maximum Gasteiger partial charge on any atom is 0.338 e. The van der Waals surface area contributed by atoms with Crippen LogP contribution >= 0.6 is 0 Å². The van der Waals surface area contributed by atoms with E-state index in [1.165, 1.54) is 6.07 Å². The van der Waals surface area contributed by atoms with Crippen molar-refractivity contribution in [3.63, 3.8) is 0 Å². The fourth-order valence-electron chi connectivity index (χ4n) is 3.12. The molecule has 7 heteroatoms. The second kappa shape index (κ2) is 6.77. The van der Waals surface area contributed by atoms with Crippen molar-refractivity contribution < 1.29 is 23.6 Å². The number of amides is 2. The third-order valence-electron chi connectivity index (χ3n) is 4.66. The van der Waals surface area contributed by atoms with Crippen molar-refractivity contribution in [2.24, 2.45) is 0 Å². The number of carbonyl (C=O) groups is 3. The number of ether oxygens (including phenoxy) is 1. The van der Waals surface area contributed by atoms with Crippen LogP contribution < -0.4 is 4.90 Å². The molecule has 1 aromatic heterocycles. The number of esters is 1. The number of rotatable bonds is 4. The highest BCUT2D eigenvalue weighted by atomic mass is 16.5. The molecule has 0 radical (unpaired) electrons. The summed E-state index contributed by atoms with van der Waals surface area (Å²) in [6.07, 6.45) is 0. The largest absolute Gasteiger partial charge is 0.457 e. The molecule has 140 valence electrons. The number of benzene rings is 2. The van der Waals surface area contributed by atoms with E-state index in [4.69, 9.17) is 9.26 Å². The second-order valence-electron chi connectivity index (χ2n) is 6.42. The van der Waals surface area contributed by atoms with Crippen molar-refractivity contribution >= 4 is 23.5 Å². The average Bonchev–Trinajstić information content (AvgIpc) is 3.16. The molecule has 2 amide bonds. The van der Waals surface area contributed by atoms with E-state index in [2.05, 4.69) is 5.16 Å². The first-order valence-electron chi connectivity index (χ1n) is 8.64. The Kier molecular flexibility index (Phi) is 4.27. The monoisotopic (exact) mass is 376 g/mol. The summed E-state index contributed by atoms with van der Waals surface area (Å²) in [7, 11) is 0. The van der Waals surface area contributed by atoms with Crippen molar-refractivity contribution in [1.82, 2.24) is 5.16 Å². The molecular weight excluding hydrogens is 360 g/mol. The first-order chi connectivity index (χ1) is 13.5. The molecule has 0 bridgehead atoms. The number of hydrogen-bond donors (Lipinski definition) is 0. The number of aryl methyl sites for hydroxylation is 2. The lowest BCUT2D eigenvalue weighted by Gasteiger charge is -2.14. The van der Waals surface area contributed by atoms with E-state index in [-0.39, 0.29) is 12.2 Å². The van der Waals surface area contributed by atoms with Gasteiger partial charge in [0.1, 0.15) is 12.4 Å². The number of fused-ring (bicyclic) bond motifs is 1. The molecule has 0 N–H and O–H groups in total. The lowest BCUT2D eigenvalue weighted by Crippen LogP contribution is -2.29. The van der Waals surface area contributed by atoms with Gasteiger partial charge >= 0.3 is 5.97 Å². The molecule has 0 saturated carbocycles. The number of hydrogen-bond acceptors (Lipinski definition) is 6. The third-order valence-corrected chi connectivity index (χ3v) is 4.66. The summed E-state index contributed by atoms with van der Waals surface area (Å²) in [6, 6.07) is 12.9. The SMILES string of the molecule is Cc1noc(C)c1COC(=O)c1cccc(N2C(=O)c3ccccc3C2=O)c1. The van der Waals surface area contributed by atoms with Gasteiger partial charge in [0.15, 0.2) is 0 Å². The van der Waals surface area contributed by atoms with Crippen LogP contribution in [-0.2, 0) is 11.3 Å². The lowest BCUT2D eigenvalue weighted by atomic mass is 10.1. The summed E-state index contributed by atoms with van der Waals surface area (Å²) >= 11 is 0. The van der Waals surface area contributed by atoms with E-state index in [1.807, 2.05) is 0 Å². The standard InChI is InChI=1S/C21H16N2O5/c1-12-18(13(2)28-22-12)11-27-21(26)14-6-5-7-15(10-14)23-19(24)16-8-3-4-9-17(16)20(23)25/h3-10H,11H2,1-2H3. The molecule has 0 fully saturated rings. The molecule has 0 atom stereocenters. The maximum absolute atomic E-state index is 12.6. The zero-order chi connectivity index (χ0) is 19.8. The third kappa shape index (κ3) is 2.87. The van der Waals surface area contributed by atoms with Crippen LogP contribution in [0.4, 0.5) is 5.69 Å². The molecule has 28 heavy (non-hydrogen) atoms. The van der Waals surface area contributed by atoms with Crippen molar-refractivity contribution in [2.75, 3.05) is 4.90 Å². The fourth-order valence-corrected chi connectivity index (χ4v) is 3.12. The normalized spacial score (nSPS) is 13.0. The smallest absolute Gasteiger partial charge is 0.338 e. The van der Waals surface area contributed by atoms with Crippen molar-refractivity contribution in [3.05, 3.63) is 82.2 Å². The van der Waals surface area contributed by atoms with E-state index in [9.17, 15) is 14.4 Å². The summed E-state index contributed by atoms with van der Waals surface area (Å²) in [5.74, 6) is -0.813. The van der Waals surface area contributed by atoms with Gasteiger partial charge in [-0.2, -0.15) is 0 Å². The van der Waals surface area contributed by atoms with Gasteiger partial charge in [0.25, 0.3) is 11.8 Å². The molecule has 4 rings (SSSR count). The highest BCUT2D eigenvalue weighted by Gasteiger charge is 2.36. The number of aromatic nitrogens is 1. The van der Waals surface area contributed by atoms with Gasteiger partial charge in [0.05, 0.1) is 33.6 Å². The summed E-state index contributed by atoms with van der Waals surface area (Å²) in [4.78, 5) is 38.7. The Labute approximate surface area is 160 Å².